The van der Waals surface area contributed by atoms with Crippen LogP contribution in [-0.2, 0) is 13.5 Å². The van der Waals surface area contributed by atoms with Crippen molar-refractivity contribution in [3.05, 3.63) is 16.4 Å². The van der Waals surface area contributed by atoms with E-state index in [0.29, 0.717) is 11.4 Å². The molecule has 1 aromatic heterocycles. The van der Waals surface area contributed by atoms with E-state index in [9.17, 15) is 5.11 Å². The van der Waals surface area contributed by atoms with E-state index in [4.69, 9.17) is 16.7 Å². The number of aryl methyl sites for hydroxylation is 2. The molecular weight excluding hydrogens is 204 g/mol. The fourth-order valence-electron chi connectivity index (χ4n) is 1.27. The summed E-state index contributed by atoms with van der Waals surface area (Å²) in [4.78, 5) is 0. The normalized spacial score (nSPS) is 15.6. The lowest BCUT2D eigenvalue weighted by Gasteiger charge is -2.13. The first kappa shape index (κ1) is 11.5. The van der Waals surface area contributed by atoms with Crippen molar-refractivity contribution in [3.63, 3.8) is 0 Å². The molecule has 80 valence electrons. The Bertz CT molecular complexity index is 323. The van der Waals surface area contributed by atoms with Crippen molar-refractivity contribution in [2.75, 3.05) is 0 Å². The van der Waals surface area contributed by atoms with Crippen molar-refractivity contribution in [2.45, 2.75) is 32.5 Å². The quantitative estimate of drug-likeness (QED) is 0.784. The third-order valence-corrected chi connectivity index (χ3v) is 2.71. The molecule has 0 radical (unpaired) electrons. The topological polar surface area (TPSA) is 58.3 Å². The van der Waals surface area contributed by atoms with Gasteiger partial charge in [0.15, 0.2) is 0 Å². The van der Waals surface area contributed by atoms with Gasteiger partial charge in [-0.05, 0) is 13.8 Å². The van der Waals surface area contributed by atoms with Crippen LogP contribution in [0.5, 0.6) is 0 Å². The highest BCUT2D eigenvalue weighted by molar-refractivity contribution is 6.31. The Balaban J connectivity index is 2.86. The van der Waals surface area contributed by atoms with E-state index in [2.05, 4.69) is 5.10 Å². The van der Waals surface area contributed by atoms with Gasteiger partial charge in [0.1, 0.15) is 0 Å². The Morgan fingerprint density at radius 2 is 2.07 bits per heavy atom. The van der Waals surface area contributed by atoms with Crippen molar-refractivity contribution in [3.8, 4) is 0 Å². The lowest BCUT2D eigenvalue weighted by Crippen LogP contribution is -2.25. The SMILES string of the molecule is Cc1nn(C)c(CC(O)C(C)O)c1Cl. The van der Waals surface area contributed by atoms with Crippen LogP contribution in [0.25, 0.3) is 0 Å². The van der Waals surface area contributed by atoms with Crippen LogP contribution in [-0.4, -0.2) is 32.2 Å². The minimum absolute atomic E-state index is 0.313. The number of hydrogen-bond donors (Lipinski definition) is 2. The predicted octanol–water partition coefficient (Wildman–Crippen LogP) is 0.666. The summed E-state index contributed by atoms with van der Waals surface area (Å²) in [6.45, 7) is 3.35. The smallest absolute Gasteiger partial charge is 0.0852 e. The number of aromatic nitrogens is 2. The van der Waals surface area contributed by atoms with Gasteiger partial charge in [0.2, 0.25) is 0 Å². The molecule has 0 spiro atoms. The average molecular weight is 219 g/mol. The van der Waals surface area contributed by atoms with Crippen LogP contribution in [0.3, 0.4) is 0 Å². The summed E-state index contributed by atoms with van der Waals surface area (Å²) >= 11 is 5.99. The highest BCUT2D eigenvalue weighted by Crippen LogP contribution is 2.21. The highest BCUT2D eigenvalue weighted by atomic mass is 35.5. The molecule has 0 aliphatic rings. The molecule has 0 amide bonds. The van der Waals surface area contributed by atoms with Crippen LogP contribution in [0.2, 0.25) is 5.02 Å². The van der Waals surface area contributed by atoms with Crippen molar-refractivity contribution >= 4 is 11.6 Å². The van der Waals surface area contributed by atoms with E-state index >= 15 is 0 Å². The molecular formula is C9H15ClN2O2. The second-order valence-electron chi connectivity index (χ2n) is 3.48. The van der Waals surface area contributed by atoms with E-state index in [0.717, 1.165) is 11.4 Å². The van der Waals surface area contributed by atoms with E-state index in [1.165, 1.54) is 0 Å². The van der Waals surface area contributed by atoms with E-state index in [1.54, 1.807) is 25.6 Å². The molecule has 14 heavy (non-hydrogen) atoms. The van der Waals surface area contributed by atoms with Gasteiger partial charge in [0, 0.05) is 13.5 Å². The molecule has 0 aliphatic heterocycles. The van der Waals surface area contributed by atoms with Crippen molar-refractivity contribution in [1.29, 1.82) is 0 Å². The minimum atomic E-state index is -0.803. The summed E-state index contributed by atoms with van der Waals surface area (Å²) in [6, 6.07) is 0. The number of nitrogens with zero attached hydrogens (tertiary/aromatic N) is 2. The third kappa shape index (κ3) is 2.26. The van der Waals surface area contributed by atoms with Gasteiger partial charge in [0.05, 0.1) is 28.6 Å². The average Bonchev–Trinajstić information content (AvgIpc) is 2.32. The largest absolute Gasteiger partial charge is 0.391 e. The molecule has 0 saturated carbocycles. The summed E-state index contributed by atoms with van der Waals surface area (Å²) in [5.41, 5.74) is 1.49. The lowest BCUT2D eigenvalue weighted by atomic mass is 10.1. The molecule has 0 aromatic carbocycles. The van der Waals surface area contributed by atoms with E-state index in [1.807, 2.05) is 0 Å². The van der Waals surface area contributed by atoms with Crippen LogP contribution < -0.4 is 0 Å². The fourth-order valence-corrected chi connectivity index (χ4v) is 1.51. The summed E-state index contributed by atoms with van der Waals surface area (Å²) in [5.74, 6) is 0. The first-order valence-corrected chi connectivity index (χ1v) is 4.85. The van der Waals surface area contributed by atoms with E-state index in [-0.39, 0.29) is 0 Å². The van der Waals surface area contributed by atoms with Gasteiger partial charge >= 0.3 is 0 Å². The maximum Gasteiger partial charge on any atom is 0.0852 e. The maximum absolute atomic E-state index is 9.49. The standard InChI is InChI=1S/C9H15ClN2O2/c1-5-9(10)7(12(3)11-5)4-8(14)6(2)13/h6,8,13-14H,4H2,1-3H3. The number of halogens is 1. The van der Waals surface area contributed by atoms with Crippen LogP contribution in [0.15, 0.2) is 0 Å². The van der Waals surface area contributed by atoms with Crippen LogP contribution in [0.4, 0.5) is 0 Å². The van der Waals surface area contributed by atoms with Crippen molar-refractivity contribution < 1.29 is 10.2 Å². The number of aliphatic hydroxyl groups is 2. The Morgan fingerprint density at radius 1 is 1.50 bits per heavy atom. The second kappa shape index (κ2) is 4.29. The molecule has 2 atom stereocenters. The predicted molar refractivity (Wildman–Crippen MR) is 54.3 cm³/mol. The van der Waals surface area contributed by atoms with Gasteiger partial charge < -0.3 is 10.2 Å². The molecule has 0 fully saturated rings. The summed E-state index contributed by atoms with van der Waals surface area (Å²) in [7, 11) is 1.77. The Hall–Kier alpha value is -0.580. The van der Waals surface area contributed by atoms with Crippen LogP contribution in [0.1, 0.15) is 18.3 Å². The van der Waals surface area contributed by atoms with E-state index < -0.39 is 12.2 Å². The molecule has 1 heterocycles. The molecule has 0 aliphatic carbocycles. The minimum Gasteiger partial charge on any atom is -0.391 e. The molecule has 1 rings (SSSR count). The summed E-state index contributed by atoms with van der Waals surface area (Å²) in [6.07, 6.45) is -1.25. The number of aliphatic hydroxyl groups excluding tert-OH is 2. The fraction of sp³-hybridized carbons (Fsp3) is 0.667. The molecule has 2 unspecified atom stereocenters. The van der Waals surface area contributed by atoms with Crippen LogP contribution >= 0.6 is 11.6 Å². The molecule has 0 bridgehead atoms. The van der Waals surface area contributed by atoms with Gasteiger partial charge in [-0.3, -0.25) is 4.68 Å². The zero-order valence-electron chi connectivity index (χ0n) is 8.53. The first-order chi connectivity index (χ1) is 6.43. The Morgan fingerprint density at radius 3 is 2.43 bits per heavy atom. The Kier molecular flexibility index (Phi) is 3.53. The zero-order valence-corrected chi connectivity index (χ0v) is 9.28. The number of hydrogen-bond acceptors (Lipinski definition) is 3. The maximum atomic E-state index is 9.49. The van der Waals surface area contributed by atoms with Crippen molar-refractivity contribution in [2.24, 2.45) is 7.05 Å². The first-order valence-electron chi connectivity index (χ1n) is 4.47. The van der Waals surface area contributed by atoms with Gasteiger partial charge in [-0.1, -0.05) is 11.6 Å². The molecule has 0 saturated heterocycles. The molecule has 2 N–H and O–H groups in total. The molecule has 5 heteroatoms. The van der Waals surface area contributed by atoms with Crippen molar-refractivity contribution in [1.82, 2.24) is 9.78 Å². The second-order valence-corrected chi connectivity index (χ2v) is 3.86. The third-order valence-electron chi connectivity index (χ3n) is 2.22. The summed E-state index contributed by atoms with van der Waals surface area (Å²) < 4.78 is 1.63. The zero-order chi connectivity index (χ0) is 10.9. The van der Waals surface area contributed by atoms with Gasteiger partial charge in [0.25, 0.3) is 0 Å². The van der Waals surface area contributed by atoms with Gasteiger partial charge in [-0.15, -0.1) is 0 Å². The summed E-state index contributed by atoms with van der Waals surface area (Å²) in [5, 5.41) is 23.3. The van der Waals surface area contributed by atoms with Crippen LogP contribution in [0, 0.1) is 6.92 Å². The molecule has 1 aromatic rings. The van der Waals surface area contributed by atoms with Gasteiger partial charge in [-0.25, -0.2) is 0 Å². The number of rotatable bonds is 3. The monoisotopic (exact) mass is 218 g/mol. The highest BCUT2D eigenvalue weighted by Gasteiger charge is 2.18. The molecule has 4 nitrogen and oxygen atoms in total. The van der Waals surface area contributed by atoms with Gasteiger partial charge in [-0.2, -0.15) is 5.10 Å². The lowest BCUT2D eigenvalue weighted by molar-refractivity contribution is 0.0309. The Labute approximate surface area is 88.1 Å².